The molecular weight excluding hydrogens is 565 g/mol. The van der Waals surface area contributed by atoms with Gasteiger partial charge in [-0.15, -0.1) is 0 Å². The van der Waals surface area contributed by atoms with Crippen LogP contribution in [0.15, 0.2) is 84.9 Å². The molecule has 0 bridgehead atoms. The summed E-state index contributed by atoms with van der Waals surface area (Å²) in [5.74, 6) is -4.22. The van der Waals surface area contributed by atoms with Crippen LogP contribution in [0.2, 0.25) is 0 Å². The lowest BCUT2D eigenvalue weighted by molar-refractivity contribution is -0.171. The number of benzene rings is 3. The van der Waals surface area contributed by atoms with Crippen molar-refractivity contribution >= 4 is 40.3 Å². The average Bonchev–Trinajstić information content (AvgIpc) is 2.97. The number of barbiturate groups is 1. The number of imide groups is 2. The van der Waals surface area contributed by atoms with Crippen LogP contribution in [-0.2, 0) is 27.4 Å². The number of pyridine rings is 1. The first kappa shape index (κ1) is 29.2. The summed E-state index contributed by atoms with van der Waals surface area (Å²) in [6.45, 7) is 1.00. The molecule has 220 valence electrons. The lowest BCUT2D eigenvalue weighted by atomic mass is 9.77. The smallest absolute Gasteiger partial charge is 0.471 e. The molecule has 1 fully saturated rings. The number of alkyl halides is 3. The van der Waals surface area contributed by atoms with Gasteiger partial charge in [0.15, 0.2) is 5.41 Å². The minimum atomic E-state index is -5.33. The maximum atomic E-state index is 13.8. The van der Waals surface area contributed by atoms with Crippen LogP contribution in [0.5, 0.6) is 5.75 Å². The summed E-state index contributed by atoms with van der Waals surface area (Å²) in [6.07, 6.45) is -5.71. The molecule has 2 heterocycles. The normalized spacial score (nSPS) is 14.7. The number of anilines is 1. The molecule has 5 rings (SSSR count). The van der Waals surface area contributed by atoms with E-state index >= 15 is 0 Å². The first-order chi connectivity index (χ1) is 20.5. The summed E-state index contributed by atoms with van der Waals surface area (Å²) in [5.41, 5.74) is 0.392. The van der Waals surface area contributed by atoms with E-state index in [2.05, 4.69) is 4.98 Å². The fraction of sp³-hybridized carbons (Fsp3) is 0.194. The van der Waals surface area contributed by atoms with E-state index in [0.717, 1.165) is 22.2 Å². The van der Waals surface area contributed by atoms with Crippen molar-refractivity contribution in [3.8, 4) is 5.75 Å². The summed E-state index contributed by atoms with van der Waals surface area (Å²) < 4.78 is 47.3. The van der Waals surface area contributed by atoms with Crippen molar-refractivity contribution in [1.29, 1.82) is 0 Å². The molecule has 0 aliphatic carbocycles. The summed E-state index contributed by atoms with van der Waals surface area (Å²) >= 11 is 0. The van der Waals surface area contributed by atoms with Crippen molar-refractivity contribution in [3.05, 3.63) is 102 Å². The number of amides is 5. The number of aryl methyl sites for hydroxylation is 1. The molecule has 43 heavy (non-hydrogen) atoms. The third kappa shape index (κ3) is 6.17. The number of nitrogens with one attached hydrogen (secondary N) is 2. The van der Waals surface area contributed by atoms with Crippen molar-refractivity contribution in [2.75, 3.05) is 11.4 Å². The molecule has 5 amide bonds. The zero-order valence-electron chi connectivity index (χ0n) is 22.8. The van der Waals surface area contributed by atoms with E-state index < -0.39 is 41.9 Å². The van der Waals surface area contributed by atoms with Gasteiger partial charge in [-0.3, -0.25) is 30.0 Å². The molecule has 1 saturated heterocycles. The molecule has 0 radical (unpaired) electrons. The summed E-state index contributed by atoms with van der Waals surface area (Å²) in [4.78, 5) is 55.6. The number of aromatic nitrogens is 1. The van der Waals surface area contributed by atoms with Gasteiger partial charge in [0.25, 0.3) is 0 Å². The molecule has 1 aromatic heterocycles. The molecule has 0 spiro atoms. The molecule has 9 nitrogen and oxygen atoms in total. The quantitative estimate of drug-likeness (QED) is 0.290. The third-order valence-corrected chi connectivity index (χ3v) is 7.06. The number of rotatable bonds is 8. The molecule has 1 aliphatic heterocycles. The van der Waals surface area contributed by atoms with Gasteiger partial charge in [0.05, 0.1) is 5.52 Å². The Bertz CT molecular complexity index is 1690. The van der Waals surface area contributed by atoms with Gasteiger partial charge in [-0.25, -0.2) is 4.79 Å². The van der Waals surface area contributed by atoms with Crippen molar-refractivity contribution in [3.63, 3.8) is 0 Å². The zero-order chi connectivity index (χ0) is 30.8. The highest BCUT2D eigenvalue weighted by Crippen LogP contribution is 2.33. The number of carbonyl (C=O) groups excluding carboxylic acids is 4. The Labute approximate surface area is 243 Å². The number of para-hydroxylation sites is 1. The molecular formula is C31H25F3N4O5. The number of carbonyl (C=O) groups is 4. The number of urea groups is 1. The van der Waals surface area contributed by atoms with E-state index in [1.807, 2.05) is 47.9 Å². The topological polar surface area (TPSA) is 118 Å². The Morgan fingerprint density at radius 2 is 1.53 bits per heavy atom. The fourth-order valence-corrected chi connectivity index (χ4v) is 4.99. The number of hydrogen-bond acceptors (Lipinski definition) is 6. The van der Waals surface area contributed by atoms with Gasteiger partial charge in [-0.1, -0.05) is 48.5 Å². The average molecular weight is 591 g/mol. The van der Waals surface area contributed by atoms with Crippen LogP contribution < -0.4 is 20.3 Å². The zero-order valence-corrected chi connectivity index (χ0v) is 22.8. The maximum Gasteiger partial charge on any atom is 0.471 e. The molecule has 0 unspecified atom stereocenters. The van der Waals surface area contributed by atoms with E-state index in [4.69, 9.17) is 4.74 Å². The van der Waals surface area contributed by atoms with E-state index in [1.54, 1.807) is 30.3 Å². The van der Waals surface area contributed by atoms with Crippen molar-refractivity contribution in [2.45, 2.75) is 26.1 Å². The van der Waals surface area contributed by atoms with Crippen molar-refractivity contribution in [1.82, 2.24) is 15.6 Å². The second kappa shape index (κ2) is 11.6. The second-order valence-corrected chi connectivity index (χ2v) is 10.1. The van der Waals surface area contributed by atoms with Crippen LogP contribution in [0, 0.1) is 12.3 Å². The van der Waals surface area contributed by atoms with E-state index in [0.29, 0.717) is 16.2 Å². The first-order valence-corrected chi connectivity index (χ1v) is 13.1. The Kier molecular flexibility index (Phi) is 7.85. The second-order valence-electron chi connectivity index (χ2n) is 10.1. The van der Waals surface area contributed by atoms with E-state index in [9.17, 15) is 32.3 Å². The lowest BCUT2D eigenvalue weighted by Gasteiger charge is -2.38. The molecule has 12 heteroatoms. The predicted molar refractivity (Wildman–Crippen MR) is 150 cm³/mol. The highest BCUT2D eigenvalue weighted by atomic mass is 19.4. The third-order valence-electron chi connectivity index (χ3n) is 7.06. The molecule has 0 saturated carbocycles. The predicted octanol–water partition coefficient (Wildman–Crippen LogP) is 4.61. The number of halogens is 3. The standard InChI is InChI=1S/C31H25F3N4O5/c1-19-15-21(24-9-5-6-10-25(24)35-19)17-43-23-13-11-22(12-14-23)38(28(41)31(32,33)34)18-30(16-20-7-3-2-4-8-20)26(39)36-29(42)37-27(30)40/h2-15H,16-18H2,1H3,(H2,36,37,39,40,42). The maximum absolute atomic E-state index is 13.8. The lowest BCUT2D eigenvalue weighted by Crippen LogP contribution is -2.67. The molecule has 0 atom stereocenters. The summed E-state index contributed by atoms with van der Waals surface area (Å²) in [5, 5.41) is 4.81. The van der Waals surface area contributed by atoms with Gasteiger partial charge in [0.1, 0.15) is 12.4 Å². The monoisotopic (exact) mass is 590 g/mol. The van der Waals surface area contributed by atoms with Crippen molar-refractivity contribution < 1.29 is 37.1 Å². The largest absolute Gasteiger partial charge is 0.489 e. The Balaban J connectivity index is 1.45. The number of ether oxygens (including phenoxy) is 1. The van der Waals surface area contributed by atoms with E-state index in [-0.39, 0.29) is 18.7 Å². The minimum absolute atomic E-state index is 0.142. The Morgan fingerprint density at radius 3 is 2.19 bits per heavy atom. The van der Waals surface area contributed by atoms with Crippen LogP contribution in [0.3, 0.4) is 0 Å². The minimum Gasteiger partial charge on any atom is -0.489 e. The SMILES string of the molecule is Cc1cc(COc2ccc(N(CC3(Cc4ccccc4)C(=O)NC(=O)NC3=O)C(=O)C(F)(F)F)cc2)c2ccccc2n1. The van der Waals surface area contributed by atoms with Gasteiger partial charge in [-0.2, -0.15) is 13.2 Å². The summed E-state index contributed by atoms with van der Waals surface area (Å²) in [6, 6.07) is 21.6. The molecule has 4 aromatic rings. The van der Waals surface area contributed by atoms with Crippen LogP contribution in [0.1, 0.15) is 16.8 Å². The fourth-order valence-electron chi connectivity index (χ4n) is 4.99. The number of nitrogens with zero attached hydrogens (tertiary/aromatic N) is 2. The van der Waals surface area contributed by atoms with Crippen molar-refractivity contribution in [2.24, 2.45) is 5.41 Å². The van der Waals surface area contributed by atoms with E-state index in [1.165, 1.54) is 24.3 Å². The number of fused-ring (bicyclic) bond motifs is 1. The highest BCUT2D eigenvalue weighted by Gasteiger charge is 2.54. The van der Waals surface area contributed by atoms with Crippen LogP contribution in [0.25, 0.3) is 10.9 Å². The van der Waals surface area contributed by atoms with Gasteiger partial charge < -0.3 is 9.64 Å². The number of hydrogen-bond donors (Lipinski definition) is 2. The summed E-state index contributed by atoms with van der Waals surface area (Å²) in [7, 11) is 0. The Morgan fingerprint density at radius 1 is 0.907 bits per heavy atom. The molecule has 3 aromatic carbocycles. The van der Waals surface area contributed by atoms with Gasteiger partial charge >= 0.3 is 18.1 Å². The van der Waals surface area contributed by atoms with Crippen LogP contribution in [0.4, 0.5) is 23.7 Å². The Hall–Kier alpha value is -5.26. The van der Waals surface area contributed by atoms with Crippen LogP contribution >= 0.6 is 0 Å². The molecule has 2 N–H and O–H groups in total. The van der Waals surface area contributed by atoms with Gasteiger partial charge in [0.2, 0.25) is 11.8 Å². The van der Waals surface area contributed by atoms with Gasteiger partial charge in [0, 0.05) is 28.9 Å². The molecule has 1 aliphatic rings. The van der Waals surface area contributed by atoms with Crippen LogP contribution in [-0.4, -0.2) is 41.5 Å². The first-order valence-electron chi connectivity index (χ1n) is 13.1. The van der Waals surface area contributed by atoms with Gasteiger partial charge in [-0.05, 0) is 55.3 Å². The highest BCUT2D eigenvalue weighted by molar-refractivity contribution is 6.20.